The highest BCUT2D eigenvalue weighted by atomic mass is 16.5. The van der Waals surface area contributed by atoms with Crippen LogP contribution in [-0.2, 0) is 16.0 Å². The minimum atomic E-state index is -0.600. The zero-order chi connectivity index (χ0) is 23.8. The maximum absolute atomic E-state index is 13.3. The van der Waals surface area contributed by atoms with Crippen LogP contribution in [0.2, 0.25) is 0 Å². The lowest BCUT2D eigenvalue weighted by atomic mass is 9.74. The van der Waals surface area contributed by atoms with Crippen LogP contribution in [-0.4, -0.2) is 60.4 Å². The molecule has 2 aliphatic rings. The Morgan fingerprint density at radius 3 is 2.53 bits per heavy atom. The first kappa shape index (κ1) is 23.5. The third-order valence-electron chi connectivity index (χ3n) is 6.45. The van der Waals surface area contributed by atoms with Crippen molar-refractivity contribution in [2.24, 2.45) is 5.41 Å². The maximum atomic E-state index is 13.3. The molecule has 34 heavy (non-hydrogen) atoms. The Labute approximate surface area is 199 Å². The fourth-order valence-electron chi connectivity index (χ4n) is 4.41. The zero-order valence-corrected chi connectivity index (χ0v) is 19.2. The molecule has 0 unspecified atom stereocenters. The minimum Gasteiger partial charge on any atom is -0.483 e. The van der Waals surface area contributed by atoms with Crippen molar-refractivity contribution in [3.63, 3.8) is 0 Å². The van der Waals surface area contributed by atoms with Gasteiger partial charge in [-0.2, -0.15) is 0 Å². The maximum Gasteiger partial charge on any atom is 0.272 e. The van der Waals surface area contributed by atoms with Crippen molar-refractivity contribution in [3.8, 4) is 5.75 Å². The molecular formula is C26H30N4O4. The van der Waals surface area contributed by atoms with Crippen molar-refractivity contribution >= 4 is 17.7 Å². The Kier molecular flexibility index (Phi) is 7.57. The van der Waals surface area contributed by atoms with Crippen LogP contribution < -0.4 is 15.4 Å². The fourth-order valence-corrected chi connectivity index (χ4v) is 4.41. The lowest BCUT2D eigenvalue weighted by Crippen LogP contribution is -2.51. The molecule has 0 radical (unpaired) electrons. The molecule has 0 aliphatic carbocycles. The number of ether oxygens (including phenoxy) is 1. The molecular weight excluding hydrogens is 432 g/mol. The van der Waals surface area contributed by atoms with Crippen LogP contribution in [0.1, 0.15) is 35.3 Å². The van der Waals surface area contributed by atoms with E-state index in [9.17, 15) is 14.4 Å². The van der Waals surface area contributed by atoms with Gasteiger partial charge in [0.05, 0.1) is 5.41 Å². The van der Waals surface area contributed by atoms with Gasteiger partial charge in [0.1, 0.15) is 11.4 Å². The van der Waals surface area contributed by atoms with E-state index in [1.54, 1.807) is 29.3 Å². The molecule has 8 nitrogen and oxygen atoms in total. The molecule has 178 valence electrons. The third kappa shape index (κ3) is 5.62. The predicted molar refractivity (Wildman–Crippen MR) is 127 cm³/mol. The number of allylic oxidation sites excluding steroid dienone is 2. The van der Waals surface area contributed by atoms with Crippen molar-refractivity contribution in [2.75, 3.05) is 32.8 Å². The number of fused-ring (bicyclic) bond motifs is 1. The Morgan fingerprint density at radius 1 is 0.971 bits per heavy atom. The molecule has 0 atom stereocenters. The molecule has 1 spiro atoms. The molecule has 0 saturated carbocycles. The number of carbonyl (C=O) groups excluding carboxylic acids is 3. The lowest BCUT2D eigenvalue weighted by molar-refractivity contribution is -0.133. The summed E-state index contributed by atoms with van der Waals surface area (Å²) in [5.74, 6) is 0.304. The summed E-state index contributed by atoms with van der Waals surface area (Å²) in [5, 5.41) is 5.76. The van der Waals surface area contributed by atoms with Crippen LogP contribution >= 0.6 is 0 Å². The summed E-state index contributed by atoms with van der Waals surface area (Å²) in [4.78, 5) is 44.1. The highest BCUT2D eigenvalue weighted by molar-refractivity contribution is 5.92. The van der Waals surface area contributed by atoms with Crippen LogP contribution in [0.15, 0.2) is 60.8 Å². The number of nitrogens with zero attached hydrogens (tertiary/aromatic N) is 2. The molecule has 8 heteroatoms. The van der Waals surface area contributed by atoms with E-state index in [1.807, 2.05) is 30.3 Å². The van der Waals surface area contributed by atoms with Gasteiger partial charge in [-0.25, -0.2) is 0 Å². The molecule has 2 aromatic rings. The van der Waals surface area contributed by atoms with E-state index < -0.39 is 5.41 Å². The Bertz CT molecular complexity index is 1050. The number of rotatable bonds is 1. The van der Waals surface area contributed by atoms with Crippen molar-refractivity contribution in [1.29, 1.82) is 0 Å². The van der Waals surface area contributed by atoms with Gasteiger partial charge in [0, 0.05) is 32.4 Å². The summed E-state index contributed by atoms with van der Waals surface area (Å²) < 4.78 is 5.70. The highest BCUT2D eigenvalue weighted by Gasteiger charge is 2.41. The summed E-state index contributed by atoms with van der Waals surface area (Å²) in [6, 6.07) is 12.9. The number of nitrogens with one attached hydrogen (secondary N) is 2. The topological polar surface area (TPSA) is 101 Å². The largest absolute Gasteiger partial charge is 0.483 e. The normalized spacial score (nSPS) is 20.1. The van der Waals surface area contributed by atoms with Gasteiger partial charge in [0.25, 0.3) is 11.8 Å². The Balaban J connectivity index is 1.48. The van der Waals surface area contributed by atoms with Crippen LogP contribution in [0, 0.1) is 5.41 Å². The number of piperidine rings is 1. The van der Waals surface area contributed by atoms with Gasteiger partial charge in [-0.15, -0.1) is 0 Å². The molecule has 3 amide bonds. The summed E-state index contributed by atoms with van der Waals surface area (Å²) in [6.45, 7) is 1.57. The average Bonchev–Trinajstić information content (AvgIpc) is 2.88. The molecule has 2 aliphatic heterocycles. The van der Waals surface area contributed by atoms with Gasteiger partial charge in [0.2, 0.25) is 5.91 Å². The second-order valence-corrected chi connectivity index (χ2v) is 8.67. The van der Waals surface area contributed by atoms with E-state index >= 15 is 0 Å². The molecule has 2 N–H and O–H groups in total. The van der Waals surface area contributed by atoms with Crippen LogP contribution in [0.25, 0.3) is 0 Å². The second kappa shape index (κ2) is 11.0. The summed E-state index contributed by atoms with van der Waals surface area (Å²) in [6.07, 6.45) is 8.05. The lowest BCUT2D eigenvalue weighted by Gasteiger charge is -2.40. The van der Waals surface area contributed by atoms with Gasteiger partial charge in [-0.1, -0.05) is 36.4 Å². The van der Waals surface area contributed by atoms with Gasteiger partial charge >= 0.3 is 0 Å². The number of amides is 3. The van der Waals surface area contributed by atoms with E-state index in [2.05, 4.69) is 21.7 Å². The number of aromatic nitrogens is 1. The number of carbonyl (C=O) groups is 3. The van der Waals surface area contributed by atoms with Crippen LogP contribution in [0.5, 0.6) is 5.75 Å². The highest BCUT2D eigenvalue weighted by Crippen LogP contribution is 2.36. The van der Waals surface area contributed by atoms with Gasteiger partial charge in [-0.05, 0) is 49.4 Å². The van der Waals surface area contributed by atoms with Crippen LogP contribution in [0.3, 0.4) is 0 Å². The number of hydrogen-bond donors (Lipinski definition) is 2. The van der Waals surface area contributed by atoms with Crippen molar-refractivity contribution in [1.82, 2.24) is 20.5 Å². The molecule has 3 heterocycles. The zero-order valence-electron chi connectivity index (χ0n) is 19.2. The SMILES string of the molecule is O=C1COc2ccccc2C/C=C/CC2(CCN(C(=O)c3ccccn3)CC2)C(=O)NCCN1. The molecule has 1 fully saturated rings. The van der Waals surface area contributed by atoms with E-state index in [4.69, 9.17) is 4.74 Å². The molecule has 0 bridgehead atoms. The fraction of sp³-hybridized carbons (Fsp3) is 0.385. The van der Waals surface area contributed by atoms with Gasteiger partial charge < -0.3 is 20.3 Å². The first-order chi connectivity index (χ1) is 16.6. The van der Waals surface area contributed by atoms with Crippen molar-refractivity contribution in [3.05, 3.63) is 72.1 Å². The summed E-state index contributed by atoms with van der Waals surface area (Å²) >= 11 is 0. The monoisotopic (exact) mass is 462 g/mol. The summed E-state index contributed by atoms with van der Waals surface area (Å²) in [5.41, 5.74) is 0.801. The number of hydrogen-bond acceptors (Lipinski definition) is 5. The van der Waals surface area contributed by atoms with E-state index in [0.29, 0.717) is 63.3 Å². The first-order valence-corrected chi connectivity index (χ1v) is 11.7. The molecule has 1 saturated heterocycles. The number of para-hydroxylation sites is 1. The Morgan fingerprint density at radius 2 is 1.74 bits per heavy atom. The molecule has 4 rings (SSSR count). The number of pyridine rings is 1. The van der Waals surface area contributed by atoms with Crippen LogP contribution in [0.4, 0.5) is 0 Å². The Hall–Kier alpha value is -3.68. The standard InChI is InChI=1S/C26H30N4O4/c31-23-19-34-22-10-2-1-7-20(22)8-3-5-11-26(25(33)29-16-15-28-23)12-17-30(18-13-26)24(32)21-9-4-6-14-27-21/h1-7,9-10,14H,8,11-13,15-19H2,(H,28,31)(H,29,33)/b5-3+. The minimum absolute atomic E-state index is 0.0390. The smallest absolute Gasteiger partial charge is 0.272 e. The second-order valence-electron chi connectivity index (χ2n) is 8.67. The average molecular weight is 463 g/mol. The summed E-state index contributed by atoms with van der Waals surface area (Å²) in [7, 11) is 0. The quantitative estimate of drug-likeness (QED) is 0.633. The van der Waals surface area contributed by atoms with E-state index in [-0.39, 0.29) is 24.3 Å². The third-order valence-corrected chi connectivity index (χ3v) is 6.45. The first-order valence-electron chi connectivity index (χ1n) is 11.7. The van der Waals surface area contributed by atoms with E-state index in [1.165, 1.54) is 0 Å². The van der Waals surface area contributed by atoms with Crippen molar-refractivity contribution in [2.45, 2.75) is 25.7 Å². The van der Waals surface area contributed by atoms with Gasteiger partial charge in [-0.3, -0.25) is 19.4 Å². The van der Waals surface area contributed by atoms with Crippen molar-refractivity contribution < 1.29 is 19.1 Å². The molecule has 1 aromatic carbocycles. The predicted octanol–water partition coefficient (Wildman–Crippen LogP) is 2.12. The number of benzene rings is 1. The van der Waals surface area contributed by atoms with E-state index in [0.717, 1.165) is 5.56 Å². The van der Waals surface area contributed by atoms with Gasteiger partial charge in [0.15, 0.2) is 6.61 Å². The number of likely N-dealkylation sites (tertiary alicyclic amines) is 1. The molecule has 1 aromatic heterocycles.